The molecule has 1 amide bonds. The van der Waals surface area contributed by atoms with Gasteiger partial charge in [-0.05, 0) is 31.7 Å². The van der Waals surface area contributed by atoms with Crippen molar-refractivity contribution in [2.75, 3.05) is 0 Å². The summed E-state index contributed by atoms with van der Waals surface area (Å²) in [7, 11) is 1.83. The second-order valence-corrected chi connectivity index (χ2v) is 8.80. The van der Waals surface area contributed by atoms with Crippen LogP contribution in [0, 0.1) is 0 Å². The number of rotatable bonds is 4. The van der Waals surface area contributed by atoms with Crippen LogP contribution in [-0.2, 0) is 7.05 Å². The molecule has 2 fully saturated rings. The maximum atomic E-state index is 13.6. The van der Waals surface area contributed by atoms with Gasteiger partial charge in [0.25, 0.3) is 5.91 Å². The van der Waals surface area contributed by atoms with Crippen molar-refractivity contribution < 1.29 is 33.3 Å². The lowest BCUT2D eigenvalue weighted by Gasteiger charge is -2.28. The Kier molecular flexibility index (Phi) is 8.21. The van der Waals surface area contributed by atoms with Crippen LogP contribution in [0.1, 0.15) is 81.3 Å². The summed E-state index contributed by atoms with van der Waals surface area (Å²) in [6.45, 7) is 0. The van der Waals surface area contributed by atoms with Crippen molar-refractivity contribution in [3.8, 4) is 11.5 Å². The normalized spacial score (nSPS) is 19.3. The topological polar surface area (TPSA) is 92.9 Å². The zero-order valence-electron chi connectivity index (χ0n) is 18.8. The Morgan fingerprint density at radius 1 is 1.15 bits per heavy atom. The predicted molar refractivity (Wildman–Crippen MR) is 115 cm³/mol. The van der Waals surface area contributed by atoms with Crippen molar-refractivity contribution in [3.05, 3.63) is 30.0 Å². The minimum absolute atomic E-state index is 0. The number of amides is 1. The van der Waals surface area contributed by atoms with Crippen molar-refractivity contribution in [2.45, 2.75) is 82.0 Å². The van der Waals surface area contributed by atoms with E-state index in [1.807, 2.05) is 7.05 Å². The molecule has 2 heterocycles. The minimum Gasteiger partial charge on any atom is -0.348 e. The number of alkyl halides is 5. The summed E-state index contributed by atoms with van der Waals surface area (Å²) >= 11 is 0. The Morgan fingerprint density at radius 2 is 1.76 bits per heavy atom. The summed E-state index contributed by atoms with van der Waals surface area (Å²) in [4.78, 5) is 26.2. The molecule has 4 rings (SSSR count). The van der Waals surface area contributed by atoms with Crippen LogP contribution in [0.4, 0.5) is 22.0 Å². The van der Waals surface area contributed by atoms with Gasteiger partial charge in [0.1, 0.15) is 11.4 Å². The molecule has 0 unspecified atom stereocenters. The second kappa shape index (κ2) is 10.7. The molecule has 0 radical (unpaired) electrons. The van der Waals surface area contributed by atoms with E-state index in [1.165, 1.54) is 6.42 Å². The molecular weight excluding hydrogens is 461 g/mol. The quantitative estimate of drug-likeness (QED) is 0.589. The number of hydrogen-bond donors (Lipinski definition) is 2. The largest absolute Gasteiger partial charge is 0.519 e. The average molecular weight is 492 g/mol. The van der Waals surface area contributed by atoms with E-state index in [0.29, 0.717) is 35.7 Å². The molecule has 2 saturated carbocycles. The van der Waals surface area contributed by atoms with Crippen LogP contribution in [-0.4, -0.2) is 48.9 Å². The van der Waals surface area contributed by atoms with Crippen LogP contribution < -0.4 is 5.32 Å². The van der Waals surface area contributed by atoms with E-state index in [1.54, 1.807) is 23.2 Å². The molecule has 2 aromatic heterocycles. The van der Waals surface area contributed by atoms with Gasteiger partial charge in [-0.1, -0.05) is 19.3 Å². The zero-order chi connectivity index (χ0) is 24.9. The van der Waals surface area contributed by atoms with Crippen LogP contribution in [0.3, 0.4) is 0 Å². The lowest BCUT2D eigenvalue weighted by Crippen LogP contribution is -2.36. The van der Waals surface area contributed by atoms with Crippen molar-refractivity contribution in [3.63, 3.8) is 0 Å². The Labute approximate surface area is 195 Å². The van der Waals surface area contributed by atoms with Gasteiger partial charge in [0.2, 0.25) is 5.92 Å². The first kappa shape index (κ1) is 26.0. The van der Waals surface area contributed by atoms with Gasteiger partial charge in [0, 0.05) is 39.0 Å². The number of aryl methyl sites for hydroxylation is 1. The number of aromatic nitrogens is 4. The van der Waals surface area contributed by atoms with Gasteiger partial charge in [0.15, 0.2) is 5.82 Å². The van der Waals surface area contributed by atoms with E-state index in [-0.39, 0.29) is 32.1 Å². The number of carbonyl (C=O) groups is 1. The molecule has 190 valence electrons. The summed E-state index contributed by atoms with van der Waals surface area (Å²) in [6.07, 6.45) is 4.14. The highest BCUT2D eigenvalue weighted by atomic mass is 19.4. The van der Waals surface area contributed by atoms with E-state index in [0.717, 1.165) is 25.7 Å². The summed E-state index contributed by atoms with van der Waals surface area (Å²) in [5.41, 5.74) is 1.66. The third kappa shape index (κ3) is 7.71. The predicted octanol–water partition coefficient (Wildman–Crippen LogP) is 4.98. The first-order chi connectivity index (χ1) is 15.9. The number of carbonyl (C=O) groups excluding carboxylic acids is 1. The van der Waals surface area contributed by atoms with Crippen molar-refractivity contribution in [1.82, 2.24) is 24.8 Å². The molecule has 2 aliphatic rings. The highest BCUT2D eigenvalue weighted by Gasteiger charge is 2.36. The van der Waals surface area contributed by atoms with Crippen LogP contribution >= 0.6 is 0 Å². The number of aliphatic hydroxyl groups is 1. The fourth-order valence-corrected chi connectivity index (χ4v) is 4.32. The molecule has 0 bridgehead atoms. The van der Waals surface area contributed by atoms with Crippen molar-refractivity contribution >= 4 is 5.91 Å². The molecule has 2 aliphatic carbocycles. The fraction of sp³-hybridized carbons (Fsp3) is 0.636. The fourth-order valence-electron chi connectivity index (χ4n) is 4.32. The monoisotopic (exact) mass is 491 g/mol. The lowest BCUT2D eigenvalue weighted by molar-refractivity contribution is -0.295. The molecular formula is C22H30F5N5O2. The summed E-state index contributed by atoms with van der Waals surface area (Å²) in [5.74, 6) is -2.50. The van der Waals surface area contributed by atoms with Crippen LogP contribution in [0.25, 0.3) is 11.5 Å². The molecule has 0 spiro atoms. The highest BCUT2D eigenvalue weighted by molar-refractivity contribution is 5.93. The molecule has 0 aliphatic heterocycles. The standard InChI is InChI=1S/C21H27F2N5O.CHF3O.H2/c1-28-13-24-12-18(28)19-26-16(14-7-9-21(22,23)10-8-14)11-17(27-19)20(29)25-15-5-3-2-4-6-15;2-1(3,4)5;/h11-15H,2-10H2,1H3,(H,25,29);5H;1H. The molecule has 0 atom stereocenters. The number of halogens is 5. The van der Waals surface area contributed by atoms with Gasteiger partial charge in [-0.25, -0.2) is 23.7 Å². The molecule has 7 nitrogen and oxygen atoms in total. The van der Waals surface area contributed by atoms with Crippen LogP contribution in [0.5, 0.6) is 0 Å². The first-order valence-electron chi connectivity index (χ1n) is 11.2. The van der Waals surface area contributed by atoms with E-state index >= 15 is 0 Å². The highest BCUT2D eigenvalue weighted by Crippen LogP contribution is 2.40. The number of hydrogen-bond acceptors (Lipinski definition) is 5. The van der Waals surface area contributed by atoms with Gasteiger partial charge in [-0.2, -0.15) is 0 Å². The van der Waals surface area contributed by atoms with Gasteiger partial charge < -0.3 is 15.0 Å². The summed E-state index contributed by atoms with van der Waals surface area (Å²) < 4.78 is 58.7. The minimum atomic E-state index is -5.00. The summed E-state index contributed by atoms with van der Waals surface area (Å²) in [5, 5.41) is 9.61. The van der Waals surface area contributed by atoms with Gasteiger partial charge in [-0.15, -0.1) is 13.2 Å². The van der Waals surface area contributed by atoms with Gasteiger partial charge >= 0.3 is 6.36 Å². The van der Waals surface area contributed by atoms with Gasteiger partial charge in [0.05, 0.1) is 12.5 Å². The molecule has 12 heteroatoms. The number of nitrogens with one attached hydrogen (secondary N) is 1. The Bertz CT molecular complexity index is 963. The third-order valence-electron chi connectivity index (χ3n) is 6.10. The van der Waals surface area contributed by atoms with Crippen molar-refractivity contribution in [1.29, 1.82) is 0 Å². The SMILES string of the molecule is Cn1cncc1-c1nc(C(=O)NC2CCCCC2)cc(C2CCC(F)(F)CC2)n1.OC(F)(F)F.[HH]. The third-order valence-corrected chi connectivity index (χ3v) is 6.10. The zero-order valence-corrected chi connectivity index (χ0v) is 18.8. The van der Waals surface area contributed by atoms with Crippen molar-refractivity contribution in [2.24, 2.45) is 7.05 Å². The molecule has 0 saturated heterocycles. The Morgan fingerprint density at radius 3 is 2.32 bits per heavy atom. The van der Waals surface area contributed by atoms with E-state index in [2.05, 4.69) is 20.3 Å². The maximum Gasteiger partial charge on any atom is 0.519 e. The van der Waals surface area contributed by atoms with E-state index in [4.69, 9.17) is 5.11 Å². The smallest absolute Gasteiger partial charge is 0.348 e. The summed E-state index contributed by atoms with van der Waals surface area (Å²) in [6, 6.07) is 1.86. The van der Waals surface area contributed by atoms with E-state index < -0.39 is 12.3 Å². The Hall–Kier alpha value is -2.63. The van der Waals surface area contributed by atoms with E-state index in [9.17, 15) is 26.7 Å². The second-order valence-electron chi connectivity index (χ2n) is 8.80. The maximum absolute atomic E-state index is 13.6. The lowest BCUT2D eigenvalue weighted by atomic mass is 9.84. The molecule has 2 N–H and O–H groups in total. The number of imidazole rings is 1. The molecule has 0 aromatic carbocycles. The van der Waals surface area contributed by atoms with Crippen LogP contribution in [0.15, 0.2) is 18.6 Å². The number of nitrogens with zero attached hydrogens (tertiary/aromatic N) is 4. The van der Waals surface area contributed by atoms with Crippen LogP contribution in [0.2, 0.25) is 0 Å². The molecule has 34 heavy (non-hydrogen) atoms. The Balaban J connectivity index is 0.000000656. The van der Waals surface area contributed by atoms with Gasteiger partial charge in [-0.3, -0.25) is 4.79 Å². The average Bonchev–Trinajstić information content (AvgIpc) is 3.19. The first-order valence-corrected chi connectivity index (χ1v) is 11.2. The molecule has 2 aromatic rings.